The topological polar surface area (TPSA) is 65.7 Å². The Hall–Kier alpha value is -2.55. The van der Waals surface area contributed by atoms with E-state index in [1.54, 1.807) is 11.3 Å². The van der Waals surface area contributed by atoms with Gasteiger partial charge in [0.05, 0.1) is 18.0 Å². The molecule has 0 spiro atoms. The summed E-state index contributed by atoms with van der Waals surface area (Å²) in [6, 6.07) is 14.5. The highest BCUT2D eigenvalue weighted by Crippen LogP contribution is 2.25. The van der Waals surface area contributed by atoms with Crippen LogP contribution in [-0.2, 0) is 17.9 Å². The first-order chi connectivity index (χ1) is 15.9. The molecule has 0 bridgehead atoms. The third-order valence-electron chi connectivity index (χ3n) is 6.10. The van der Waals surface area contributed by atoms with Crippen LogP contribution < -0.4 is 0 Å². The molecule has 0 N–H and O–H groups in total. The predicted molar refractivity (Wildman–Crippen MR) is 131 cm³/mol. The van der Waals surface area contributed by atoms with E-state index >= 15 is 0 Å². The minimum absolute atomic E-state index is 0.00788. The van der Waals surface area contributed by atoms with E-state index in [0.717, 1.165) is 37.5 Å². The molecule has 8 heteroatoms. The Labute approximate surface area is 200 Å². The molecule has 7 nitrogen and oxygen atoms in total. The van der Waals surface area contributed by atoms with Gasteiger partial charge in [0.25, 0.3) is 5.89 Å². The Bertz CT molecular complexity index is 1020. The number of carbonyl (C=O) groups excluding carboxylic acids is 1. The number of thiophene rings is 1. The van der Waals surface area contributed by atoms with Crippen molar-refractivity contribution in [2.45, 2.75) is 45.8 Å². The molecule has 4 rings (SSSR count). The van der Waals surface area contributed by atoms with Crippen molar-refractivity contribution < 1.29 is 9.21 Å². The maximum atomic E-state index is 13.2. The van der Waals surface area contributed by atoms with Crippen LogP contribution in [0.25, 0.3) is 10.8 Å². The van der Waals surface area contributed by atoms with Gasteiger partial charge < -0.3 is 9.32 Å². The highest BCUT2D eigenvalue weighted by molar-refractivity contribution is 7.13. The molecule has 3 aromatic rings. The molecule has 2 aromatic heterocycles. The quantitative estimate of drug-likeness (QED) is 0.471. The monoisotopic (exact) mass is 467 g/mol. The first-order valence-electron chi connectivity index (χ1n) is 11.6. The molecule has 1 aromatic carbocycles. The molecule has 0 atom stereocenters. The zero-order chi connectivity index (χ0) is 23.3. The number of carbonyl (C=O) groups is 1. The van der Waals surface area contributed by atoms with Gasteiger partial charge in [-0.3, -0.25) is 14.6 Å². The summed E-state index contributed by atoms with van der Waals surface area (Å²) in [6.45, 7) is 11.7. The number of piperazine rings is 1. The van der Waals surface area contributed by atoms with E-state index in [9.17, 15) is 4.79 Å². The van der Waals surface area contributed by atoms with E-state index < -0.39 is 0 Å². The van der Waals surface area contributed by atoms with Gasteiger partial charge >= 0.3 is 0 Å². The molecule has 33 heavy (non-hydrogen) atoms. The van der Waals surface area contributed by atoms with Crippen molar-refractivity contribution in [2.75, 3.05) is 32.7 Å². The molecular formula is C25H33N5O2S. The first kappa shape index (κ1) is 23.6. The predicted octanol–water partition coefficient (Wildman–Crippen LogP) is 4.13. The molecule has 1 amide bonds. The lowest BCUT2D eigenvalue weighted by atomic mass is 9.97. The molecule has 1 aliphatic heterocycles. The van der Waals surface area contributed by atoms with Gasteiger partial charge in [-0.25, -0.2) is 0 Å². The maximum absolute atomic E-state index is 13.2. The first-order valence-corrected chi connectivity index (χ1v) is 12.5. The number of nitrogens with zero attached hydrogens (tertiary/aromatic N) is 5. The van der Waals surface area contributed by atoms with Crippen molar-refractivity contribution in [1.29, 1.82) is 0 Å². The van der Waals surface area contributed by atoms with Crippen LogP contribution in [0.15, 0.2) is 52.3 Å². The minimum Gasteiger partial charge on any atom is -0.418 e. The van der Waals surface area contributed by atoms with Crippen molar-refractivity contribution in [3.05, 3.63) is 59.3 Å². The third-order valence-corrected chi connectivity index (χ3v) is 6.96. The van der Waals surface area contributed by atoms with Crippen LogP contribution in [0.4, 0.5) is 0 Å². The zero-order valence-electron chi connectivity index (χ0n) is 19.7. The van der Waals surface area contributed by atoms with Gasteiger partial charge in [0.15, 0.2) is 0 Å². The molecular weight excluding hydrogens is 434 g/mol. The van der Waals surface area contributed by atoms with Gasteiger partial charge in [-0.05, 0) is 37.3 Å². The van der Waals surface area contributed by atoms with E-state index in [4.69, 9.17) is 4.42 Å². The summed E-state index contributed by atoms with van der Waals surface area (Å²) in [4.78, 5) is 20.8. The standard InChI is InChI=1S/C25H33N5O2S/c1-4-12-29(17-22-26-27-24(32-22)21-11-8-15-33-21)23(31)18-28-13-14-30(25(2,3)19-28)16-20-9-6-5-7-10-20/h5-11,15H,4,12-14,16-19H2,1-3H3. The van der Waals surface area contributed by atoms with Crippen molar-refractivity contribution in [3.63, 3.8) is 0 Å². The van der Waals surface area contributed by atoms with Crippen LogP contribution >= 0.6 is 11.3 Å². The van der Waals surface area contributed by atoms with Crippen LogP contribution in [0, 0.1) is 0 Å². The molecule has 1 saturated heterocycles. The molecule has 0 radical (unpaired) electrons. The second-order valence-corrected chi connectivity index (χ2v) is 10.2. The lowest BCUT2D eigenvalue weighted by molar-refractivity contribution is -0.134. The number of benzene rings is 1. The van der Waals surface area contributed by atoms with Gasteiger partial charge in [-0.2, -0.15) is 0 Å². The summed E-state index contributed by atoms with van der Waals surface area (Å²) in [5, 5.41) is 10.3. The summed E-state index contributed by atoms with van der Waals surface area (Å²) in [6.07, 6.45) is 0.883. The van der Waals surface area contributed by atoms with E-state index in [0.29, 0.717) is 31.4 Å². The highest BCUT2D eigenvalue weighted by atomic mass is 32.1. The zero-order valence-corrected chi connectivity index (χ0v) is 20.6. The Kier molecular flexibility index (Phi) is 7.57. The number of rotatable bonds is 9. The second kappa shape index (κ2) is 10.6. The van der Waals surface area contributed by atoms with Gasteiger partial charge in [0.2, 0.25) is 11.8 Å². The summed E-state index contributed by atoms with van der Waals surface area (Å²) >= 11 is 1.56. The maximum Gasteiger partial charge on any atom is 0.257 e. The van der Waals surface area contributed by atoms with Gasteiger partial charge in [0, 0.05) is 38.3 Å². The van der Waals surface area contributed by atoms with E-state index in [1.165, 1.54) is 5.56 Å². The Morgan fingerprint density at radius 2 is 1.97 bits per heavy atom. The van der Waals surface area contributed by atoms with Crippen molar-refractivity contribution >= 4 is 17.2 Å². The minimum atomic E-state index is -0.00788. The van der Waals surface area contributed by atoms with Crippen LogP contribution in [-0.4, -0.2) is 69.1 Å². The SMILES string of the molecule is CCCN(Cc1nnc(-c2cccs2)o1)C(=O)CN1CCN(Cc2ccccc2)C(C)(C)C1. The summed E-state index contributed by atoms with van der Waals surface area (Å²) in [5.74, 6) is 1.11. The fourth-order valence-corrected chi connectivity index (χ4v) is 5.00. The van der Waals surface area contributed by atoms with E-state index in [2.05, 4.69) is 71.1 Å². The Morgan fingerprint density at radius 3 is 2.67 bits per heavy atom. The highest BCUT2D eigenvalue weighted by Gasteiger charge is 2.34. The second-order valence-electron chi connectivity index (χ2n) is 9.22. The average molecular weight is 468 g/mol. The molecule has 176 valence electrons. The Balaban J connectivity index is 1.34. The van der Waals surface area contributed by atoms with Crippen molar-refractivity contribution in [2.24, 2.45) is 0 Å². The number of hydrogen-bond acceptors (Lipinski definition) is 7. The smallest absolute Gasteiger partial charge is 0.257 e. The summed E-state index contributed by atoms with van der Waals surface area (Å²) < 4.78 is 5.82. The normalized spacial score (nSPS) is 16.7. The number of aromatic nitrogens is 2. The van der Waals surface area contributed by atoms with Crippen LogP contribution in [0.3, 0.4) is 0 Å². The van der Waals surface area contributed by atoms with Crippen LogP contribution in [0.2, 0.25) is 0 Å². The fraction of sp³-hybridized carbons (Fsp3) is 0.480. The molecule has 0 saturated carbocycles. The van der Waals surface area contributed by atoms with E-state index in [1.807, 2.05) is 22.4 Å². The van der Waals surface area contributed by atoms with Gasteiger partial charge in [0.1, 0.15) is 0 Å². The van der Waals surface area contributed by atoms with Crippen LogP contribution in [0.1, 0.15) is 38.6 Å². The largest absolute Gasteiger partial charge is 0.418 e. The van der Waals surface area contributed by atoms with Gasteiger partial charge in [-0.15, -0.1) is 21.5 Å². The summed E-state index contributed by atoms with van der Waals surface area (Å²) in [7, 11) is 0. The number of hydrogen-bond donors (Lipinski definition) is 0. The molecule has 0 unspecified atom stereocenters. The number of amides is 1. The molecule has 3 heterocycles. The molecule has 1 aliphatic rings. The average Bonchev–Trinajstić information content (AvgIpc) is 3.48. The lowest BCUT2D eigenvalue weighted by Crippen LogP contribution is -2.60. The van der Waals surface area contributed by atoms with E-state index in [-0.39, 0.29) is 11.4 Å². The van der Waals surface area contributed by atoms with Gasteiger partial charge in [-0.1, -0.05) is 43.3 Å². The molecule has 1 fully saturated rings. The van der Waals surface area contributed by atoms with Crippen LogP contribution in [0.5, 0.6) is 0 Å². The summed E-state index contributed by atoms with van der Waals surface area (Å²) in [5.41, 5.74) is 1.32. The van der Waals surface area contributed by atoms with Crippen molar-refractivity contribution in [3.8, 4) is 10.8 Å². The molecule has 0 aliphatic carbocycles. The third kappa shape index (κ3) is 6.07. The Morgan fingerprint density at radius 1 is 1.15 bits per heavy atom. The van der Waals surface area contributed by atoms with Crippen molar-refractivity contribution in [1.82, 2.24) is 24.9 Å². The lowest BCUT2D eigenvalue weighted by Gasteiger charge is -2.47. The fourth-order valence-electron chi connectivity index (χ4n) is 4.36.